The maximum atomic E-state index is 12.9. The molecule has 2 aromatic rings. The number of nitrogens with zero attached hydrogens (tertiary/aromatic N) is 4. The number of hydrogen-bond acceptors (Lipinski definition) is 4. The first-order valence-electron chi connectivity index (χ1n) is 10.9. The number of piperidine rings is 1. The van der Waals surface area contributed by atoms with E-state index in [1.165, 1.54) is 5.56 Å². The molecule has 0 radical (unpaired) electrons. The molecule has 158 valence electrons. The number of anilines is 1. The first-order chi connectivity index (χ1) is 14.6. The summed E-state index contributed by atoms with van der Waals surface area (Å²) in [6, 6.07) is 14.0. The van der Waals surface area contributed by atoms with Gasteiger partial charge in [-0.25, -0.2) is 4.98 Å². The second-order valence-corrected chi connectivity index (χ2v) is 8.32. The van der Waals surface area contributed by atoms with Crippen molar-refractivity contribution in [2.45, 2.75) is 26.2 Å². The zero-order valence-corrected chi connectivity index (χ0v) is 17.7. The van der Waals surface area contributed by atoms with Crippen molar-refractivity contribution in [2.75, 3.05) is 44.2 Å². The van der Waals surface area contributed by atoms with Crippen molar-refractivity contribution in [1.29, 1.82) is 0 Å². The quantitative estimate of drug-likeness (QED) is 0.784. The standard InChI is InChI=1S/C24H30N4O2/c1-19(29)26-12-9-21(10-13-26)18-20-5-7-22(8-6-20)24(30)28-16-14-27(15-17-28)23-4-2-3-11-25-23/h2-8,11,21H,9-10,12-18H2,1H3. The molecular formula is C24H30N4O2. The fraction of sp³-hybridized carbons (Fsp3) is 0.458. The third-order valence-electron chi connectivity index (χ3n) is 6.33. The van der Waals surface area contributed by atoms with Crippen molar-refractivity contribution in [3.05, 3.63) is 59.8 Å². The summed E-state index contributed by atoms with van der Waals surface area (Å²) < 4.78 is 0. The number of piperazine rings is 1. The molecule has 0 aliphatic carbocycles. The fourth-order valence-electron chi connectivity index (χ4n) is 4.43. The van der Waals surface area contributed by atoms with Gasteiger partial charge in [-0.1, -0.05) is 18.2 Å². The Morgan fingerprint density at radius 2 is 1.60 bits per heavy atom. The maximum absolute atomic E-state index is 12.9. The van der Waals surface area contributed by atoms with Gasteiger partial charge in [-0.15, -0.1) is 0 Å². The van der Waals surface area contributed by atoms with E-state index in [0.29, 0.717) is 19.0 Å². The van der Waals surface area contributed by atoms with E-state index in [-0.39, 0.29) is 11.8 Å². The molecule has 0 spiro atoms. The molecule has 0 atom stereocenters. The molecule has 3 heterocycles. The highest BCUT2D eigenvalue weighted by Gasteiger charge is 2.23. The number of carbonyl (C=O) groups excluding carboxylic acids is 2. The number of carbonyl (C=O) groups is 2. The van der Waals surface area contributed by atoms with E-state index in [4.69, 9.17) is 0 Å². The summed E-state index contributed by atoms with van der Waals surface area (Å²) in [6.07, 6.45) is 4.94. The molecule has 6 nitrogen and oxygen atoms in total. The van der Waals surface area contributed by atoms with Crippen LogP contribution in [0.15, 0.2) is 48.7 Å². The van der Waals surface area contributed by atoms with Crippen LogP contribution in [0.1, 0.15) is 35.7 Å². The van der Waals surface area contributed by atoms with Crippen molar-refractivity contribution in [3.63, 3.8) is 0 Å². The van der Waals surface area contributed by atoms with Gasteiger partial charge in [0.25, 0.3) is 5.91 Å². The molecule has 2 aliphatic rings. The van der Waals surface area contributed by atoms with Gasteiger partial charge in [0, 0.05) is 58.0 Å². The molecule has 30 heavy (non-hydrogen) atoms. The average Bonchev–Trinajstić information content (AvgIpc) is 2.80. The van der Waals surface area contributed by atoms with Gasteiger partial charge in [-0.3, -0.25) is 9.59 Å². The van der Waals surface area contributed by atoms with Crippen LogP contribution in [0.5, 0.6) is 0 Å². The average molecular weight is 407 g/mol. The van der Waals surface area contributed by atoms with E-state index in [2.05, 4.69) is 22.0 Å². The number of rotatable bonds is 4. The molecule has 2 fully saturated rings. The van der Waals surface area contributed by atoms with Gasteiger partial charge < -0.3 is 14.7 Å². The molecule has 6 heteroatoms. The largest absolute Gasteiger partial charge is 0.353 e. The number of likely N-dealkylation sites (tertiary alicyclic amines) is 1. The van der Waals surface area contributed by atoms with E-state index in [0.717, 1.165) is 56.8 Å². The molecule has 2 aliphatic heterocycles. The van der Waals surface area contributed by atoms with Crippen molar-refractivity contribution < 1.29 is 9.59 Å². The number of benzene rings is 1. The SMILES string of the molecule is CC(=O)N1CCC(Cc2ccc(C(=O)N3CCN(c4ccccn4)CC3)cc2)CC1. The predicted molar refractivity (Wildman–Crippen MR) is 117 cm³/mol. The second-order valence-electron chi connectivity index (χ2n) is 8.32. The van der Waals surface area contributed by atoms with Crippen LogP contribution in [0.4, 0.5) is 5.82 Å². The lowest BCUT2D eigenvalue weighted by Crippen LogP contribution is -2.49. The molecular weight excluding hydrogens is 376 g/mol. The topological polar surface area (TPSA) is 56.8 Å². The summed E-state index contributed by atoms with van der Waals surface area (Å²) in [5.41, 5.74) is 2.03. The molecule has 0 bridgehead atoms. The summed E-state index contributed by atoms with van der Waals surface area (Å²) in [4.78, 5) is 34.9. The number of hydrogen-bond donors (Lipinski definition) is 0. The number of aromatic nitrogens is 1. The fourth-order valence-corrected chi connectivity index (χ4v) is 4.43. The van der Waals surface area contributed by atoms with E-state index in [1.54, 1.807) is 13.1 Å². The van der Waals surface area contributed by atoms with Gasteiger partial charge in [-0.2, -0.15) is 0 Å². The molecule has 0 saturated carbocycles. The minimum atomic E-state index is 0.108. The molecule has 2 saturated heterocycles. The lowest BCUT2D eigenvalue weighted by molar-refractivity contribution is -0.130. The van der Waals surface area contributed by atoms with Gasteiger partial charge in [0.2, 0.25) is 5.91 Å². The lowest BCUT2D eigenvalue weighted by atomic mass is 9.90. The van der Waals surface area contributed by atoms with Crippen LogP contribution >= 0.6 is 0 Å². The van der Waals surface area contributed by atoms with E-state index < -0.39 is 0 Å². The summed E-state index contributed by atoms with van der Waals surface area (Å²) in [7, 11) is 0. The van der Waals surface area contributed by atoms with Crippen molar-refractivity contribution in [2.24, 2.45) is 5.92 Å². The Bertz CT molecular complexity index is 853. The lowest BCUT2D eigenvalue weighted by Gasteiger charge is -2.35. The van der Waals surface area contributed by atoms with Crippen molar-refractivity contribution in [3.8, 4) is 0 Å². The Hall–Kier alpha value is -2.89. The summed E-state index contributed by atoms with van der Waals surface area (Å²) in [5, 5.41) is 0. The third kappa shape index (κ3) is 4.81. The normalized spacial score (nSPS) is 17.8. The predicted octanol–water partition coefficient (Wildman–Crippen LogP) is 2.85. The maximum Gasteiger partial charge on any atom is 0.253 e. The Kier molecular flexibility index (Phi) is 6.31. The molecule has 0 N–H and O–H groups in total. The number of amides is 2. The van der Waals surface area contributed by atoms with Crippen LogP contribution < -0.4 is 4.90 Å². The van der Waals surface area contributed by atoms with Crippen LogP contribution in [-0.2, 0) is 11.2 Å². The smallest absolute Gasteiger partial charge is 0.253 e. The van der Waals surface area contributed by atoms with Crippen LogP contribution in [0.25, 0.3) is 0 Å². The highest BCUT2D eigenvalue weighted by molar-refractivity contribution is 5.94. The zero-order valence-electron chi connectivity index (χ0n) is 17.7. The Labute approximate surface area is 178 Å². The van der Waals surface area contributed by atoms with Gasteiger partial charge in [0.1, 0.15) is 5.82 Å². The van der Waals surface area contributed by atoms with E-state index in [9.17, 15) is 9.59 Å². The Balaban J connectivity index is 1.28. The highest BCUT2D eigenvalue weighted by atomic mass is 16.2. The molecule has 1 aromatic heterocycles. The monoisotopic (exact) mass is 406 g/mol. The summed E-state index contributed by atoms with van der Waals surface area (Å²) in [5.74, 6) is 1.87. The first kappa shape index (κ1) is 20.4. The molecule has 0 unspecified atom stereocenters. The third-order valence-corrected chi connectivity index (χ3v) is 6.33. The van der Waals surface area contributed by atoms with Gasteiger partial charge in [0.05, 0.1) is 0 Å². The summed E-state index contributed by atoms with van der Waals surface area (Å²) >= 11 is 0. The van der Waals surface area contributed by atoms with Gasteiger partial charge >= 0.3 is 0 Å². The van der Waals surface area contributed by atoms with Gasteiger partial charge in [-0.05, 0) is 55.0 Å². The Morgan fingerprint density at radius 1 is 0.900 bits per heavy atom. The highest BCUT2D eigenvalue weighted by Crippen LogP contribution is 2.22. The van der Waals surface area contributed by atoms with Crippen LogP contribution in [0, 0.1) is 5.92 Å². The van der Waals surface area contributed by atoms with Gasteiger partial charge in [0.15, 0.2) is 0 Å². The molecule has 2 amide bonds. The molecule has 4 rings (SSSR count). The second kappa shape index (κ2) is 9.28. The van der Waals surface area contributed by atoms with Crippen molar-refractivity contribution >= 4 is 17.6 Å². The van der Waals surface area contributed by atoms with Crippen LogP contribution in [-0.4, -0.2) is 65.9 Å². The summed E-state index contributed by atoms with van der Waals surface area (Å²) in [6.45, 7) is 6.41. The first-order valence-corrected chi connectivity index (χ1v) is 10.9. The number of pyridine rings is 1. The Morgan fingerprint density at radius 3 is 2.20 bits per heavy atom. The zero-order chi connectivity index (χ0) is 20.9. The van der Waals surface area contributed by atoms with Crippen LogP contribution in [0.2, 0.25) is 0 Å². The van der Waals surface area contributed by atoms with Crippen LogP contribution in [0.3, 0.4) is 0 Å². The van der Waals surface area contributed by atoms with E-state index >= 15 is 0 Å². The minimum Gasteiger partial charge on any atom is -0.353 e. The molecule has 1 aromatic carbocycles. The minimum absolute atomic E-state index is 0.108. The van der Waals surface area contributed by atoms with E-state index in [1.807, 2.05) is 40.1 Å². The van der Waals surface area contributed by atoms with Crippen molar-refractivity contribution in [1.82, 2.24) is 14.8 Å².